The molecule has 1 aromatic rings. The molecule has 0 unspecified atom stereocenters. The summed E-state index contributed by atoms with van der Waals surface area (Å²) in [6, 6.07) is 7.69. The summed E-state index contributed by atoms with van der Waals surface area (Å²) in [7, 11) is 1.52. The van der Waals surface area contributed by atoms with Gasteiger partial charge >= 0.3 is 0 Å². The lowest BCUT2D eigenvalue weighted by Crippen LogP contribution is -2.33. The van der Waals surface area contributed by atoms with Crippen LogP contribution < -0.4 is 10.6 Å². The third-order valence-electron chi connectivity index (χ3n) is 2.06. The average Bonchev–Trinajstić information content (AvgIpc) is 2.20. The van der Waals surface area contributed by atoms with Crippen molar-refractivity contribution in [3.05, 3.63) is 29.8 Å². The summed E-state index contributed by atoms with van der Waals surface area (Å²) in [6.45, 7) is 2.32. The molecule has 0 aliphatic carbocycles. The van der Waals surface area contributed by atoms with Gasteiger partial charge in [-0.2, -0.15) is 0 Å². The molecule has 82 valence electrons. The van der Waals surface area contributed by atoms with Crippen molar-refractivity contribution in [3.63, 3.8) is 0 Å². The maximum Gasteiger partial charge on any atom is 0.239 e. The number of hydrogen-bond acceptors (Lipinski definition) is 3. The molecule has 0 aliphatic heterocycles. The van der Waals surface area contributed by atoms with Gasteiger partial charge in [0.05, 0.1) is 13.0 Å². The lowest BCUT2D eigenvalue weighted by Gasteiger charge is -2.11. The van der Waals surface area contributed by atoms with Crippen molar-refractivity contribution in [2.75, 3.05) is 13.7 Å². The molecule has 4 nitrogen and oxygen atoms in total. The third kappa shape index (κ3) is 3.59. The van der Waals surface area contributed by atoms with Gasteiger partial charge in [-0.3, -0.25) is 9.80 Å². The minimum Gasteiger partial charge on any atom is -0.493 e. The van der Waals surface area contributed by atoms with Gasteiger partial charge in [0, 0.05) is 7.05 Å². The predicted octanol–water partition coefficient (Wildman–Crippen LogP) is 1.10. The number of ether oxygens (including phenoxy) is 1. The molecule has 0 atom stereocenters. The molecule has 0 saturated heterocycles. The van der Waals surface area contributed by atoms with Gasteiger partial charge in [-0.15, -0.1) is 0 Å². The van der Waals surface area contributed by atoms with Gasteiger partial charge in [-0.1, -0.05) is 18.2 Å². The molecule has 2 N–H and O–H groups in total. The Morgan fingerprint density at radius 3 is 2.73 bits per heavy atom. The van der Waals surface area contributed by atoms with E-state index in [9.17, 15) is 4.79 Å². The van der Waals surface area contributed by atoms with Crippen LogP contribution in [0, 0.1) is 6.92 Å². The predicted molar refractivity (Wildman–Crippen MR) is 58.2 cm³/mol. The van der Waals surface area contributed by atoms with Crippen LogP contribution in [0.5, 0.6) is 5.75 Å². The summed E-state index contributed by atoms with van der Waals surface area (Å²) in [5, 5.41) is 1.07. The lowest BCUT2D eigenvalue weighted by atomic mass is 10.2. The number of nitrogens with two attached hydrogens (primary N) is 1. The monoisotopic (exact) mass is 208 g/mol. The summed E-state index contributed by atoms with van der Waals surface area (Å²) >= 11 is 0. The van der Waals surface area contributed by atoms with E-state index in [1.54, 1.807) is 0 Å². The highest BCUT2D eigenvalue weighted by atomic mass is 16.5. The zero-order chi connectivity index (χ0) is 11.3. The SMILES string of the molecule is Cc1ccccc1OCCC(=O)N(C)N. The topological polar surface area (TPSA) is 55.6 Å². The number of hydrazine groups is 1. The molecule has 0 spiro atoms. The van der Waals surface area contributed by atoms with Crippen LogP contribution in [-0.4, -0.2) is 24.6 Å². The van der Waals surface area contributed by atoms with E-state index >= 15 is 0 Å². The third-order valence-corrected chi connectivity index (χ3v) is 2.06. The van der Waals surface area contributed by atoms with Crippen LogP contribution in [0.15, 0.2) is 24.3 Å². The van der Waals surface area contributed by atoms with Gasteiger partial charge in [-0.25, -0.2) is 5.84 Å². The first-order chi connectivity index (χ1) is 7.11. The van der Waals surface area contributed by atoms with Crippen molar-refractivity contribution >= 4 is 5.91 Å². The molecule has 0 aromatic heterocycles. The van der Waals surface area contributed by atoms with Gasteiger partial charge < -0.3 is 4.74 Å². The smallest absolute Gasteiger partial charge is 0.239 e. The molecule has 1 rings (SSSR count). The highest BCUT2D eigenvalue weighted by molar-refractivity contribution is 5.75. The second-order valence-corrected chi connectivity index (χ2v) is 3.37. The number of nitrogens with zero attached hydrogens (tertiary/aromatic N) is 1. The Morgan fingerprint density at radius 2 is 2.13 bits per heavy atom. The van der Waals surface area contributed by atoms with E-state index in [-0.39, 0.29) is 5.91 Å². The standard InChI is InChI=1S/C11H16N2O2/c1-9-5-3-4-6-10(9)15-8-7-11(14)13(2)12/h3-6H,7-8,12H2,1-2H3. The van der Waals surface area contributed by atoms with E-state index < -0.39 is 0 Å². The molecule has 4 heteroatoms. The number of carbonyl (C=O) groups excluding carboxylic acids is 1. The molecule has 1 aromatic carbocycles. The fraction of sp³-hybridized carbons (Fsp3) is 0.364. The normalized spacial score (nSPS) is 9.80. The molecular formula is C11H16N2O2. The average molecular weight is 208 g/mol. The molecule has 0 heterocycles. The molecule has 0 saturated carbocycles. The molecule has 15 heavy (non-hydrogen) atoms. The lowest BCUT2D eigenvalue weighted by molar-refractivity contribution is -0.130. The van der Waals surface area contributed by atoms with Crippen LogP contribution in [0.2, 0.25) is 0 Å². The molecule has 0 radical (unpaired) electrons. The van der Waals surface area contributed by atoms with Crippen molar-refractivity contribution in [1.29, 1.82) is 0 Å². The van der Waals surface area contributed by atoms with Gasteiger partial charge in [0.15, 0.2) is 0 Å². The second kappa shape index (κ2) is 5.36. The molecule has 0 aliphatic rings. The summed E-state index contributed by atoms with van der Waals surface area (Å²) in [5.74, 6) is 5.95. The Kier molecular flexibility index (Phi) is 4.12. The first-order valence-electron chi connectivity index (χ1n) is 4.81. The fourth-order valence-corrected chi connectivity index (χ4v) is 1.14. The van der Waals surface area contributed by atoms with E-state index in [1.165, 1.54) is 7.05 Å². The Bertz CT molecular complexity index is 337. The van der Waals surface area contributed by atoms with Gasteiger partial charge in [0.25, 0.3) is 0 Å². The molecule has 0 fully saturated rings. The summed E-state index contributed by atoms with van der Waals surface area (Å²) < 4.78 is 5.45. The molecule has 1 amide bonds. The highest BCUT2D eigenvalue weighted by Crippen LogP contribution is 2.16. The highest BCUT2D eigenvalue weighted by Gasteiger charge is 2.04. The van der Waals surface area contributed by atoms with Gasteiger partial charge in [-0.05, 0) is 18.6 Å². The number of aryl methyl sites for hydroxylation is 1. The number of carbonyl (C=O) groups is 1. The zero-order valence-electron chi connectivity index (χ0n) is 9.06. The van der Waals surface area contributed by atoms with E-state index in [2.05, 4.69) is 0 Å². The van der Waals surface area contributed by atoms with Crippen LogP contribution >= 0.6 is 0 Å². The van der Waals surface area contributed by atoms with Crippen LogP contribution in [-0.2, 0) is 4.79 Å². The number of rotatable bonds is 4. The van der Waals surface area contributed by atoms with E-state index in [1.807, 2.05) is 31.2 Å². The van der Waals surface area contributed by atoms with Gasteiger partial charge in [0.1, 0.15) is 5.75 Å². The van der Waals surface area contributed by atoms with Crippen LogP contribution in [0.1, 0.15) is 12.0 Å². The Balaban J connectivity index is 2.38. The minimum absolute atomic E-state index is 0.136. The zero-order valence-corrected chi connectivity index (χ0v) is 9.06. The Labute approximate surface area is 89.6 Å². The summed E-state index contributed by atoms with van der Waals surface area (Å²) in [5.41, 5.74) is 1.06. The minimum atomic E-state index is -0.136. The van der Waals surface area contributed by atoms with Crippen molar-refractivity contribution < 1.29 is 9.53 Å². The van der Waals surface area contributed by atoms with Crippen LogP contribution in [0.4, 0.5) is 0 Å². The fourth-order valence-electron chi connectivity index (χ4n) is 1.14. The van der Waals surface area contributed by atoms with Crippen molar-refractivity contribution in [1.82, 2.24) is 5.01 Å². The van der Waals surface area contributed by atoms with E-state index in [0.29, 0.717) is 13.0 Å². The van der Waals surface area contributed by atoms with E-state index in [4.69, 9.17) is 10.6 Å². The number of hydrogen-bond donors (Lipinski definition) is 1. The maximum absolute atomic E-state index is 11.1. The Morgan fingerprint density at radius 1 is 1.47 bits per heavy atom. The summed E-state index contributed by atoms with van der Waals surface area (Å²) in [6.07, 6.45) is 0.293. The van der Waals surface area contributed by atoms with Crippen LogP contribution in [0.25, 0.3) is 0 Å². The molecular weight excluding hydrogens is 192 g/mol. The number of para-hydroxylation sites is 1. The largest absolute Gasteiger partial charge is 0.493 e. The first kappa shape index (κ1) is 11.5. The van der Waals surface area contributed by atoms with Gasteiger partial charge in [0.2, 0.25) is 5.91 Å². The summed E-state index contributed by atoms with van der Waals surface area (Å²) in [4.78, 5) is 11.1. The van der Waals surface area contributed by atoms with E-state index in [0.717, 1.165) is 16.3 Å². The quantitative estimate of drug-likeness (QED) is 0.458. The van der Waals surface area contributed by atoms with Crippen molar-refractivity contribution in [3.8, 4) is 5.75 Å². The van der Waals surface area contributed by atoms with Crippen LogP contribution in [0.3, 0.4) is 0 Å². The first-order valence-corrected chi connectivity index (χ1v) is 4.81. The van der Waals surface area contributed by atoms with Crippen molar-refractivity contribution in [2.45, 2.75) is 13.3 Å². The number of amides is 1. The Hall–Kier alpha value is -1.55. The second-order valence-electron chi connectivity index (χ2n) is 3.37. The number of benzene rings is 1. The molecule has 0 bridgehead atoms. The maximum atomic E-state index is 11.1. The van der Waals surface area contributed by atoms with Crippen molar-refractivity contribution in [2.24, 2.45) is 5.84 Å².